The number of aliphatic imine (C=N–C) groups is 1. The van der Waals surface area contributed by atoms with E-state index in [1.807, 2.05) is 24.1 Å². The number of benzene rings is 1. The highest BCUT2D eigenvalue weighted by atomic mass is 127. The van der Waals surface area contributed by atoms with Crippen LogP contribution in [-0.2, 0) is 11.8 Å². The van der Waals surface area contributed by atoms with Crippen LogP contribution in [0.1, 0.15) is 36.5 Å². The molecule has 3 atom stereocenters. The second-order valence-electron chi connectivity index (χ2n) is 7.20. The monoisotopic (exact) mass is 559 g/mol. The van der Waals surface area contributed by atoms with E-state index in [9.17, 15) is 0 Å². The molecule has 1 aromatic carbocycles. The van der Waals surface area contributed by atoms with Crippen molar-refractivity contribution >= 4 is 45.9 Å². The first-order chi connectivity index (χ1) is 13.1. The number of aryl methyl sites for hydroxylation is 1. The van der Waals surface area contributed by atoms with E-state index < -0.39 is 0 Å². The van der Waals surface area contributed by atoms with Crippen LogP contribution in [0.3, 0.4) is 0 Å². The van der Waals surface area contributed by atoms with E-state index in [-0.39, 0.29) is 30.1 Å². The van der Waals surface area contributed by atoms with Crippen molar-refractivity contribution in [3.8, 4) is 0 Å². The summed E-state index contributed by atoms with van der Waals surface area (Å²) in [5.74, 6) is 1.56. The fraction of sp³-hybridized carbons (Fsp3) is 0.500. The van der Waals surface area contributed by atoms with Gasteiger partial charge in [0.25, 0.3) is 0 Å². The molecule has 1 N–H and O–H groups in total. The molecule has 1 saturated carbocycles. The van der Waals surface area contributed by atoms with Gasteiger partial charge in [0.15, 0.2) is 5.96 Å². The van der Waals surface area contributed by atoms with Crippen molar-refractivity contribution in [1.29, 1.82) is 0 Å². The molecule has 3 unspecified atom stereocenters. The molecule has 8 heteroatoms. The van der Waals surface area contributed by atoms with Crippen LogP contribution in [0, 0.1) is 0 Å². The Kier molecular flexibility index (Phi) is 7.38. The molecule has 0 spiro atoms. The van der Waals surface area contributed by atoms with Gasteiger partial charge < -0.3 is 15.0 Å². The Morgan fingerprint density at radius 2 is 2.11 bits per heavy atom. The predicted molar refractivity (Wildman–Crippen MR) is 125 cm³/mol. The average molecular weight is 560 g/mol. The molecule has 6 nitrogen and oxygen atoms in total. The third-order valence-corrected chi connectivity index (χ3v) is 5.70. The molecule has 2 aliphatic rings. The molecule has 0 bridgehead atoms. The van der Waals surface area contributed by atoms with Crippen LogP contribution in [0.2, 0.25) is 0 Å². The molecule has 2 heterocycles. The molecule has 4 rings (SSSR count). The predicted octanol–water partition coefficient (Wildman–Crippen LogP) is 3.70. The van der Waals surface area contributed by atoms with E-state index in [1.54, 1.807) is 0 Å². The van der Waals surface area contributed by atoms with Crippen LogP contribution < -0.4 is 5.32 Å². The first-order valence-corrected chi connectivity index (χ1v) is 10.3. The minimum atomic E-state index is 0. The Balaban J connectivity index is 0.00000225. The van der Waals surface area contributed by atoms with Crippen molar-refractivity contribution in [2.45, 2.75) is 31.4 Å². The molecule has 1 aliphatic heterocycles. The van der Waals surface area contributed by atoms with E-state index >= 15 is 0 Å². The molecular weight excluding hydrogens is 533 g/mol. The summed E-state index contributed by atoms with van der Waals surface area (Å²) >= 11 is 3.51. The number of nitrogens with one attached hydrogen (secondary N) is 1. The lowest BCUT2D eigenvalue weighted by Crippen LogP contribution is -2.49. The highest BCUT2D eigenvalue weighted by molar-refractivity contribution is 14.0. The molecule has 28 heavy (non-hydrogen) atoms. The Bertz CT molecular complexity index is 809. The summed E-state index contributed by atoms with van der Waals surface area (Å²) < 4.78 is 8.92. The van der Waals surface area contributed by atoms with E-state index in [0.29, 0.717) is 18.6 Å². The number of guanidine groups is 1. The number of morpholine rings is 1. The number of hydrogen-bond donors (Lipinski definition) is 1. The van der Waals surface area contributed by atoms with Gasteiger partial charge in [-0.2, -0.15) is 5.10 Å². The van der Waals surface area contributed by atoms with E-state index in [0.717, 1.165) is 42.1 Å². The molecular formula is C20H27BrIN5O. The van der Waals surface area contributed by atoms with E-state index in [4.69, 9.17) is 9.73 Å². The Labute approximate surface area is 191 Å². The van der Waals surface area contributed by atoms with Crippen LogP contribution in [0.25, 0.3) is 0 Å². The maximum Gasteiger partial charge on any atom is 0.194 e. The van der Waals surface area contributed by atoms with Gasteiger partial charge in [0.2, 0.25) is 0 Å². The normalized spacial score (nSPS) is 24.6. The first kappa shape index (κ1) is 21.6. The van der Waals surface area contributed by atoms with Crippen LogP contribution in [0.5, 0.6) is 0 Å². The summed E-state index contributed by atoms with van der Waals surface area (Å²) in [5.41, 5.74) is 2.51. The zero-order chi connectivity index (χ0) is 18.8. The van der Waals surface area contributed by atoms with Gasteiger partial charge in [-0.25, -0.2) is 0 Å². The minimum absolute atomic E-state index is 0. The molecule has 0 amide bonds. The second kappa shape index (κ2) is 9.58. The molecule has 1 saturated heterocycles. The maximum absolute atomic E-state index is 5.98. The smallest absolute Gasteiger partial charge is 0.194 e. The second-order valence-corrected chi connectivity index (χ2v) is 8.11. The van der Waals surface area contributed by atoms with Crippen molar-refractivity contribution in [3.63, 3.8) is 0 Å². The van der Waals surface area contributed by atoms with Crippen LogP contribution >= 0.6 is 39.9 Å². The summed E-state index contributed by atoms with van der Waals surface area (Å²) in [4.78, 5) is 7.07. The van der Waals surface area contributed by atoms with Crippen molar-refractivity contribution in [3.05, 3.63) is 52.3 Å². The molecule has 0 radical (unpaired) electrons. The summed E-state index contributed by atoms with van der Waals surface area (Å²) in [6.07, 6.45) is 5.12. The highest BCUT2D eigenvalue weighted by Crippen LogP contribution is 2.41. The van der Waals surface area contributed by atoms with Gasteiger partial charge in [-0.05, 0) is 31.0 Å². The number of nitrogens with zero attached hydrogens (tertiary/aromatic N) is 4. The van der Waals surface area contributed by atoms with Gasteiger partial charge in [0.05, 0.1) is 19.3 Å². The van der Waals surface area contributed by atoms with Crippen LogP contribution in [-0.4, -0.2) is 52.9 Å². The van der Waals surface area contributed by atoms with Gasteiger partial charge in [0, 0.05) is 48.3 Å². The van der Waals surface area contributed by atoms with Gasteiger partial charge in [-0.1, -0.05) is 28.1 Å². The standard InChI is InChI=1S/C20H26BrN5O.HI/c1-3-22-20(24-18-10-17(18)14-4-6-16(21)7-5-14)26-8-9-27-19(13-26)15-11-23-25(2)12-15;/h4-7,11-12,17-19H,3,8-10,13H2,1-2H3,(H,22,24);1H. The fourth-order valence-corrected chi connectivity index (χ4v) is 3.90. The SMILES string of the molecule is CCN=C(NC1CC1c1ccc(Br)cc1)N1CCOC(c2cnn(C)c2)C1.I. The van der Waals surface area contributed by atoms with Crippen molar-refractivity contribution in [2.75, 3.05) is 26.2 Å². The number of hydrogen-bond acceptors (Lipinski definition) is 3. The fourth-order valence-electron chi connectivity index (χ4n) is 3.64. The topological polar surface area (TPSA) is 54.7 Å². The van der Waals surface area contributed by atoms with E-state index in [2.05, 4.69) is 62.4 Å². The third kappa shape index (κ3) is 5.07. The van der Waals surface area contributed by atoms with E-state index in [1.165, 1.54) is 5.56 Å². The van der Waals surface area contributed by atoms with Crippen molar-refractivity contribution in [2.24, 2.45) is 12.0 Å². The average Bonchev–Trinajstić information content (AvgIpc) is 3.31. The van der Waals surface area contributed by atoms with Gasteiger partial charge in [-0.15, -0.1) is 24.0 Å². The number of ether oxygens (including phenoxy) is 1. The molecule has 2 fully saturated rings. The van der Waals surface area contributed by atoms with Gasteiger partial charge in [-0.3, -0.25) is 9.67 Å². The Hall–Kier alpha value is -1.13. The summed E-state index contributed by atoms with van der Waals surface area (Å²) in [5, 5.41) is 7.96. The van der Waals surface area contributed by atoms with Crippen LogP contribution in [0.4, 0.5) is 0 Å². The quantitative estimate of drug-likeness (QED) is 0.353. The largest absolute Gasteiger partial charge is 0.370 e. The lowest BCUT2D eigenvalue weighted by molar-refractivity contribution is -0.00810. The zero-order valence-electron chi connectivity index (χ0n) is 16.2. The minimum Gasteiger partial charge on any atom is -0.370 e. The van der Waals surface area contributed by atoms with Gasteiger partial charge >= 0.3 is 0 Å². The highest BCUT2D eigenvalue weighted by Gasteiger charge is 2.40. The molecule has 1 aromatic heterocycles. The summed E-state index contributed by atoms with van der Waals surface area (Å²) in [6.45, 7) is 5.21. The summed E-state index contributed by atoms with van der Waals surface area (Å²) in [6, 6.07) is 9.11. The Morgan fingerprint density at radius 3 is 2.79 bits per heavy atom. The number of halogens is 2. The zero-order valence-corrected chi connectivity index (χ0v) is 20.1. The Morgan fingerprint density at radius 1 is 1.32 bits per heavy atom. The molecule has 1 aliphatic carbocycles. The molecule has 2 aromatic rings. The summed E-state index contributed by atoms with van der Waals surface area (Å²) in [7, 11) is 1.94. The number of aromatic nitrogens is 2. The number of rotatable bonds is 4. The maximum atomic E-state index is 5.98. The van der Waals surface area contributed by atoms with Gasteiger partial charge in [0.1, 0.15) is 6.10 Å². The lowest BCUT2D eigenvalue weighted by atomic mass is 10.1. The lowest BCUT2D eigenvalue weighted by Gasteiger charge is -2.35. The first-order valence-electron chi connectivity index (χ1n) is 9.55. The molecule has 152 valence electrons. The third-order valence-electron chi connectivity index (χ3n) is 5.17. The van der Waals surface area contributed by atoms with Crippen molar-refractivity contribution < 1.29 is 4.74 Å². The van der Waals surface area contributed by atoms with Crippen molar-refractivity contribution in [1.82, 2.24) is 20.0 Å². The van der Waals surface area contributed by atoms with Crippen LogP contribution in [0.15, 0.2) is 46.1 Å².